The number of hydrogen-bond acceptors (Lipinski definition) is 3. The number of hydrogen-bond donors (Lipinski definition) is 1. The molecule has 0 radical (unpaired) electrons. The van der Waals surface area contributed by atoms with Gasteiger partial charge in [-0.3, -0.25) is 9.59 Å². The first kappa shape index (κ1) is 17.6. The molecule has 4 rings (SSSR count). The lowest BCUT2D eigenvalue weighted by molar-refractivity contribution is -0.129. The van der Waals surface area contributed by atoms with Crippen LogP contribution >= 0.6 is 0 Å². The molecule has 5 nitrogen and oxygen atoms in total. The molecule has 2 atom stereocenters. The highest BCUT2D eigenvalue weighted by atomic mass is 16.5. The summed E-state index contributed by atoms with van der Waals surface area (Å²) in [6, 6.07) is 17.9. The molecule has 0 saturated carbocycles. The minimum Gasteiger partial charge on any atom is -0.493 e. The molecular weight excluding hydrogens is 340 g/mol. The average molecular weight is 364 g/mol. The summed E-state index contributed by atoms with van der Waals surface area (Å²) in [7, 11) is 0. The third kappa shape index (κ3) is 3.97. The van der Waals surface area contributed by atoms with Gasteiger partial charge in [0.05, 0.1) is 18.6 Å². The summed E-state index contributed by atoms with van der Waals surface area (Å²) in [6.07, 6.45) is 1.86. The quantitative estimate of drug-likeness (QED) is 0.887. The summed E-state index contributed by atoms with van der Waals surface area (Å²) in [5.74, 6) is 0.593. The summed E-state index contributed by atoms with van der Waals surface area (Å²) >= 11 is 0. The van der Waals surface area contributed by atoms with Crippen molar-refractivity contribution in [3.05, 3.63) is 65.7 Å². The van der Waals surface area contributed by atoms with E-state index in [9.17, 15) is 9.59 Å². The molecule has 1 N–H and O–H groups in total. The Morgan fingerprint density at radius 2 is 1.89 bits per heavy atom. The van der Waals surface area contributed by atoms with E-state index in [0.717, 1.165) is 24.2 Å². The standard InChI is InChI=1S/C22H24N2O3/c25-21-14-17(15-24(21)12-10-16-6-2-1-3-7-16)22(26)23-19-11-13-27-20-9-5-4-8-18(19)20/h1-9,17,19H,10-15H2,(H,23,26)/t17-,19+/m1/s1. The summed E-state index contributed by atoms with van der Waals surface area (Å²) in [5.41, 5.74) is 2.22. The van der Waals surface area contributed by atoms with Gasteiger partial charge in [-0.05, 0) is 18.1 Å². The number of ether oxygens (including phenoxy) is 1. The molecule has 0 bridgehead atoms. The number of carbonyl (C=O) groups excluding carboxylic acids is 2. The summed E-state index contributed by atoms with van der Waals surface area (Å²) in [5, 5.41) is 3.13. The minimum atomic E-state index is -0.275. The lowest BCUT2D eigenvalue weighted by atomic mass is 9.99. The van der Waals surface area contributed by atoms with Gasteiger partial charge in [-0.1, -0.05) is 48.5 Å². The maximum Gasteiger partial charge on any atom is 0.225 e. The fourth-order valence-corrected chi connectivity index (χ4v) is 3.85. The van der Waals surface area contributed by atoms with Crippen molar-refractivity contribution >= 4 is 11.8 Å². The molecular formula is C22H24N2O3. The molecule has 0 aliphatic carbocycles. The Hall–Kier alpha value is -2.82. The second kappa shape index (κ2) is 7.82. The Kier molecular flexibility index (Phi) is 5.10. The van der Waals surface area contributed by atoms with E-state index < -0.39 is 0 Å². The van der Waals surface area contributed by atoms with Gasteiger partial charge in [0.15, 0.2) is 0 Å². The van der Waals surface area contributed by atoms with Crippen LogP contribution in [0.1, 0.15) is 30.0 Å². The average Bonchev–Trinajstić information content (AvgIpc) is 3.08. The van der Waals surface area contributed by atoms with Crippen molar-refractivity contribution in [2.24, 2.45) is 5.92 Å². The molecule has 140 valence electrons. The largest absolute Gasteiger partial charge is 0.493 e. The predicted molar refractivity (Wildman–Crippen MR) is 102 cm³/mol. The fourth-order valence-electron chi connectivity index (χ4n) is 3.85. The van der Waals surface area contributed by atoms with Gasteiger partial charge in [-0.15, -0.1) is 0 Å². The molecule has 0 spiro atoms. The van der Waals surface area contributed by atoms with Gasteiger partial charge in [-0.25, -0.2) is 0 Å². The van der Waals surface area contributed by atoms with E-state index in [1.807, 2.05) is 47.4 Å². The van der Waals surface area contributed by atoms with Gasteiger partial charge in [-0.2, -0.15) is 0 Å². The normalized spacial score (nSPS) is 21.5. The Morgan fingerprint density at radius 1 is 1.11 bits per heavy atom. The van der Waals surface area contributed by atoms with E-state index in [-0.39, 0.29) is 23.8 Å². The number of nitrogens with zero attached hydrogens (tertiary/aromatic N) is 1. The number of benzene rings is 2. The third-order valence-electron chi connectivity index (χ3n) is 5.37. The molecule has 1 fully saturated rings. The second-order valence-corrected chi connectivity index (χ2v) is 7.21. The predicted octanol–water partition coefficient (Wildman–Crippen LogP) is 2.72. The van der Waals surface area contributed by atoms with Crippen LogP contribution in [0.2, 0.25) is 0 Å². The third-order valence-corrected chi connectivity index (χ3v) is 5.37. The lowest BCUT2D eigenvalue weighted by Crippen LogP contribution is -2.37. The molecule has 2 aliphatic rings. The molecule has 27 heavy (non-hydrogen) atoms. The van der Waals surface area contributed by atoms with Gasteiger partial charge in [0.2, 0.25) is 11.8 Å². The molecule has 2 aliphatic heterocycles. The topological polar surface area (TPSA) is 58.6 Å². The second-order valence-electron chi connectivity index (χ2n) is 7.21. The molecule has 2 amide bonds. The van der Waals surface area contributed by atoms with Crippen molar-refractivity contribution in [1.29, 1.82) is 0 Å². The molecule has 2 aromatic rings. The molecule has 2 heterocycles. The molecule has 2 aromatic carbocycles. The van der Waals surface area contributed by atoms with Gasteiger partial charge < -0.3 is 15.0 Å². The zero-order chi connectivity index (χ0) is 18.6. The maximum atomic E-state index is 12.8. The Bertz CT molecular complexity index is 821. The molecule has 0 unspecified atom stereocenters. The van der Waals surface area contributed by atoms with Crippen LogP contribution in [-0.2, 0) is 16.0 Å². The smallest absolute Gasteiger partial charge is 0.225 e. The van der Waals surface area contributed by atoms with E-state index in [1.165, 1.54) is 5.56 Å². The van der Waals surface area contributed by atoms with Crippen LogP contribution in [0.4, 0.5) is 0 Å². The van der Waals surface area contributed by atoms with E-state index >= 15 is 0 Å². The van der Waals surface area contributed by atoms with E-state index in [2.05, 4.69) is 17.4 Å². The van der Waals surface area contributed by atoms with Crippen molar-refractivity contribution in [2.45, 2.75) is 25.3 Å². The maximum absolute atomic E-state index is 12.8. The first-order valence-corrected chi connectivity index (χ1v) is 9.54. The Morgan fingerprint density at radius 3 is 2.74 bits per heavy atom. The molecule has 1 saturated heterocycles. The number of amides is 2. The van der Waals surface area contributed by atoms with E-state index in [0.29, 0.717) is 26.1 Å². The molecule has 0 aromatic heterocycles. The van der Waals surface area contributed by atoms with Gasteiger partial charge >= 0.3 is 0 Å². The zero-order valence-corrected chi connectivity index (χ0v) is 15.3. The van der Waals surface area contributed by atoms with Crippen LogP contribution in [0.5, 0.6) is 5.75 Å². The highest BCUT2D eigenvalue weighted by Crippen LogP contribution is 2.32. The van der Waals surface area contributed by atoms with Crippen molar-refractivity contribution in [3.63, 3.8) is 0 Å². The number of carbonyl (C=O) groups is 2. The van der Waals surface area contributed by atoms with Crippen molar-refractivity contribution < 1.29 is 14.3 Å². The van der Waals surface area contributed by atoms with E-state index in [4.69, 9.17) is 4.74 Å². The Labute approximate surface area is 159 Å². The van der Waals surface area contributed by atoms with Crippen molar-refractivity contribution in [1.82, 2.24) is 10.2 Å². The monoisotopic (exact) mass is 364 g/mol. The van der Waals surface area contributed by atoms with Crippen LogP contribution < -0.4 is 10.1 Å². The highest BCUT2D eigenvalue weighted by molar-refractivity contribution is 5.89. The summed E-state index contributed by atoms with van der Waals surface area (Å²) in [6.45, 7) is 1.75. The number of likely N-dealkylation sites (tertiary alicyclic amines) is 1. The SMILES string of the molecule is O=C(N[C@H]1CCOc2ccccc21)[C@@H]1CC(=O)N(CCc2ccccc2)C1. The number of fused-ring (bicyclic) bond motifs is 1. The lowest BCUT2D eigenvalue weighted by Gasteiger charge is -2.27. The Balaban J connectivity index is 1.34. The number of para-hydroxylation sites is 1. The minimum absolute atomic E-state index is 0.0349. The van der Waals surface area contributed by atoms with Crippen molar-refractivity contribution in [2.75, 3.05) is 19.7 Å². The van der Waals surface area contributed by atoms with Crippen LogP contribution in [-0.4, -0.2) is 36.4 Å². The first-order chi connectivity index (χ1) is 13.2. The summed E-state index contributed by atoms with van der Waals surface area (Å²) in [4.78, 5) is 26.9. The van der Waals surface area contributed by atoms with Crippen LogP contribution in [0.15, 0.2) is 54.6 Å². The van der Waals surface area contributed by atoms with Crippen LogP contribution in [0.25, 0.3) is 0 Å². The van der Waals surface area contributed by atoms with Crippen LogP contribution in [0, 0.1) is 5.92 Å². The number of rotatable bonds is 5. The van der Waals surface area contributed by atoms with Gasteiger partial charge in [0.1, 0.15) is 5.75 Å². The van der Waals surface area contributed by atoms with Gasteiger partial charge in [0, 0.05) is 31.5 Å². The fraction of sp³-hybridized carbons (Fsp3) is 0.364. The zero-order valence-electron chi connectivity index (χ0n) is 15.3. The van der Waals surface area contributed by atoms with Crippen LogP contribution in [0.3, 0.4) is 0 Å². The summed E-state index contributed by atoms with van der Waals surface area (Å²) < 4.78 is 5.66. The highest BCUT2D eigenvalue weighted by Gasteiger charge is 2.35. The van der Waals surface area contributed by atoms with Gasteiger partial charge in [0.25, 0.3) is 0 Å². The molecule has 5 heteroatoms. The van der Waals surface area contributed by atoms with E-state index in [1.54, 1.807) is 0 Å². The first-order valence-electron chi connectivity index (χ1n) is 9.54. The van der Waals surface area contributed by atoms with Crippen molar-refractivity contribution in [3.8, 4) is 5.75 Å². The number of nitrogens with one attached hydrogen (secondary N) is 1.